The van der Waals surface area contributed by atoms with Gasteiger partial charge in [0.05, 0.1) is 13.3 Å². The Bertz CT molecular complexity index is 1090. The minimum atomic E-state index is -0.306. The molecule has 1 heterocycles. The van der Waals surface area contributed by atoms with E-state index in [4.69, 9.17) is 14.7 Å². The average molecular weight is 402 g/mol. The molecule has 0 saturated carbocycles. The summed E-state index contributed by atoms with van der Waals surface area (Å²) in [5, 5.41) is 12.6. The molecule has 1 amide bonds. The minimum absolute atomic E-state index is 0.0673. The van der Waals surface area contributed by atoms with Gasteiger partial charge in [-0.1, -0.05) is 0 Å². The third-order valence-electron chi connectivity index (χ3n) is 4.52. The fourth-order valence-electron chi connectivity index (χ4n) is 3.06. The number of carbonyl (C=O) groups is 1. The molecule has 0 bridgehead atoms. The molecule has 0 fully saturated rings. The van der Waals surface area contributed by atoms with Crippen molar-refractivity contribution >= 4 is 12.1 Å². The summed E-state index contributed by atoms with van der Waals surface area (Å²) in [7, 11) is 1.51. The number of amides is 1. The van der Waals surface area contributed by atoms with Crippen LogP contribution in [0.1, 0.15) is 27.3 Å². The van der Waals surface area contributed by atoms with Gasteiger partial charge >= 0.3 is 0 Å². The van der Waals surface area contributed by atoms with Gasteiger partial charge in [-0.2, -0.15) is 10.4 Å². The number of carbonyl (C=O) groups excluding carboxylic acids is 1. The number of aromatic nitrogens is 1. The summed E-state index contributed by atoms with van der Waals surface area (Å²) >= 11 is 0. The first kappa shape index (κ1) is 20.7. The van der Waals surface area contributed by atoms with Crippen molar-refractivity contribution in [2.45, 2.75) is 13.8 Å². The molecule has 0 spiro atoms. The van der Waals surface area contributed by atoms with Crippen molar-refractivity contribution in [3.8, 4) is 23.3 Å². The number of ether oxygens (including phenoxy) is 2. The first-order chi connectivity index (χ1) is 14.5. The molecular formula is C23H22N4O3. The Morgan fingerprint density at radius 1 is 1.10 bits per heavy atom. The van der Waals surface area contributed by atoms with Crippen LogP contribution >= 0.6 is 0 Å². The van der Waals surface area contributed by atoms with Gasteiger partial charge in [-0.15, -0.1) is 0 Å². The summed E-state index contributed by atoms with van der Waals surface area (Å²) in [6.45, 7) is 4.02. The number of rotatable bonds is 7. The largest absolute Gasteiger partial charge is 0.493 e. The van der Waals surface area contributed by atoms with E-state index in [-0.39, 0.29) is 12.5 Å². The van der Waals surface area contributed by atoms with Crippen LogP contribution in [0, 0.1) is 25.2 Å². The fraction of sp³-hybridized carbons (Fsp3) is 0.174. The number of benzene rings is 2. The molecule has 7 nitrogen and oxygen atoms in total. The molecule has 0 aliphatic rings. The van der Waals surface area contributed by atoms with Gasteiger partial charge in [0.2, 0.25) is 0 Å². The van der Waals surface area contributed by atoms with Crippen molar-refractivity contribution in [1.82, 2.24) is 9.99 Å². The lowest BCUT2D eigenvalue weighted by Crippen LogP contribution is -2.17. The van der Waals surface area contributed by atoms with Gasteiger partial charge < -0.3 is 14.0 Å². The van der Waals surface area contributed by atoms with Gasteiger partial charge in [-0.3, -0.25) is 4.79 Å². The van der Waals surface area contributed by atoms with Crippen LogP contribution in [0.15, 0.2) is 59.7 Å². The first-order valence-electron chi connectivity index (χ1n) is 9.30. The maximum absolute atomic E-state index is 12.4. The lowest BCUT2D eigenvalue weighted by molar-refractivity contribution is 0.0955. The Morgan fingerprint density at radius 3 is 2.43 bits per heavy atom. The maximum Gasteiger partial charge on any atom is 0.271 e. The summed E-state index contributed by atoms with van der Waals surface area (Å²) in [6.07, 6.45) is 1.51. The Kier molecular flexibility index (Phi) is 6.50. The summed E-state index contributed by atoms with van der Waals surface area (Å²) in [5.74, 6) is 0.639. The Hall–Kier alpha value is -4.05. The quantitative estimate of drug-likeness (QED) is 0.481. The highest BCUT2D eigenvalue weighted by Crippen LogP contribution is 2.27. The number of hydrazone groups is 1. The number of hydrogen-bond acceptors (Lipinski definition) is 5. The molecule has 1 N–H and O–H groups in total. The van der Waals surface area contributed by atoms with Gasteiger partial charge in [0.15, 0.2) is 18.1 Å². The van der Waals surface area contributed by atoms with Gasteiger partial charge in [-0.25, -0.2) is 5.43 Å². The summed E-state index contributed by atoms with van der Waals surface area (Å²) in [4.78, 5) is 12.4. The van der Waals surface area contributed by atoms with E-state index in [0.29, 0.717) is 22.6 Å². The molecular weight excluding hydrogens is 380 g/mol. The molecule has 0 aliphatic heterocycles. The van der Waals surface area contributed by atoms with E-state index in [1.165, 1.54) is 13.3 Å². The number of aryl methyl sites for hydroxylation is 2. The molecule has 7 heteroatoms. The topological polar surface area (TPSA) is 88.6 Å². The zero-order valence-corrected chi connectivity index (χ0v) is 17.0. The highest BCUT2D eigenvalue weighted by atomic mass is 16.5. The lowest BCUT2D eigenvalue weighted by Gasteiger charge is -2.10. The van der Waals surface area contributed by atoms with E-state index in [2.05, 4.69) is 27.2 Å². The summed E-state index contributed by atoms with van der Waals surface area (Å²) < 4.78 is 12.7. The van der Waals surface area contributed by atoms with Crippen molar-refractivity contribution in [2.75, 3.05) is 13.7 Å². The third-order valence-corrected chi connectivity index (χ3v) is 4.52. The molecule has 0 atom stereocenters. The van der Waals surface area contributed by atoms with Crippen LogP contribution < -0.4 is 14.9 Å². The molecule has 0 radical (unpaired) electrons. The third kappa shape index (κ3) is 4.67. The Labute approximate surface area is 175 Å². The van der Waals surface area contributed by atoms with Crippen molar-refractivity contribution in [3.05, 3.63) is 77.1 Å². The maximum atomic E-state index is 12.4. The van der Waals surface area contributed by atoms with Crippen LogP contribution in [0.4, 0.5) is 0 Å². The van der Waals surface area contributed by atoms with E-state index in [0.717, 1.165) is 17.1 Å². The second-order valence-electron chi connectivity index (χ2n) is 6.55. The number of hydrogen-bond donors (Lipinski definition) is 1. The van der Waals surface area contributed by atoms with Crippen LogP contribution in [0.5, 0.6) is 11.5 Å². The van der Waals surface area contributed by atoms with Gasteiger partial charge in [0, 0.05) is 22.6 Å². The minimum Gasteiger partial charge on any atom is -0.493 e. The van der Waals surface area contributed by atoms with E-state index < -0.39 is 0 Å². The normalized spacial score (nSPS) is 10.6. The monoisotopic (exact) mass is 402 g/mol. The summed E-state index contributed by atoms with van der Waals surface area (Å²) in [6, 6.07) is 18.5. The number of nitrogens with one attached hydrogen (secondary N) is 1. The number of methoxy groups -OCH3 is 1. The highest BCUT2D eigenvalue weighted by Gasteiger charge is 2.08. The molecule has 0 aliphatic carbocycles. The van der Waals surface area contributed by atoms with Crippen LogP contribution in [-0.2, 0) is 0 Å². The van der Waals surface area contributed by atoms with E-state index in [9.17, 15) is 4.79 Å². The first-order valence-corrected chi connectivity index (χ1v) is 9.30. The van der Waals surface area contributed by atoms with Crippen molar-refractivity contribution in [2.24, 2.45) is 5.10 Å². The van der Waals surface area contributed by atoms with Crippen LogP contribution in [0.2, 0.25) is 0 Å². The molecule has 2 aromatic carbocycles. The molecule has 1 aromatic heterocycles. The van der Waals surface area contributed by atoms with Crippen LogP contribution in [0.25, 0.3) is 5.69 Å². The molecule has 3 rings (SSSR count). The second kappa shape index (κ2) is 9.43. The van der Waals surface area contributed by atoms with Crippen molar-refractivity contribution in [1.29, 1.82) is 5.26 Å². The highest BCUT2D eigenvalue weighted by molar-refractivity contribution is 5.95. The van der Waals surface area contributed by atoms with E-state index >= 15 is 0 Å². The molecule has 0 unspecified atom stereocenters. The lowest BCUT2D eigenvalue weighted by atomic mass is 10.2. The Balaban J connectivity index is 1.65. The fourth-order valence-corrected chi connectivity index (χ4v) is 3.06. The summed E-state index contributed by atoms with van der Waals surface area (Å²) in [5.41, 5.74) is 7.01. The molecule has 3 aromatic rings. The van der Waals surface area contributed by atoms with Crippen molar-refractivity contribution in [3.63, 3.8) is 0 Å². The van der Waals surface area contributed by atoms with Gasteiger partial charge in [0.25, 0.3) is 5.91 Å². The molecule has 0 saturated heterocycles. The number of nitriles is 1. The Morgan fingerprint density at radius 2 is 1.80 bits per heavy atom. The zero-order chi connectivity index (χ0) is 21.5. The molecule has 30 heavy (non-hydrogen) atoms. The predicted octanol–water partition coefficient (Wildman–Crippen LogP) is 3.77. The second-order valence-corrected chi connectivity index (χ2v) is 6.55. The van der Waals surface area contributed by atoms with Crippen LogP contribution in [0.3, 0.4) is 0 Å². The predicted molar refractivity (Wildman–Crippen MR) is 114 cm³/mol. The molecule has 152 valence electrons. The van der Waals surface area contributed by atoms with E-state index in [1.807, 2.05) is 32.0 Å². The number of nitrogens with zero attached hydrogens (tertiary/aromatic N) is 3. The van der Waals surface area contributed by atoms with Gasteiger partial charge in [0.1, 0.15) is 6.07 Å². The SMILES string of the molecule is COc1cc(/C=N\NC(=O)c2ccc(-n3c(C)ccc3C)cc2)ccc1OCC#N. The average Bonchev–Trinajstić information content (AvgIpc) is 3.10. The van der Waals surface area contributed by atoms with Crippen LogP contribution in [-0.4, -0.2) is 30.4 Å². The standard InChI is InChI=1S/C23H22N4O3/c1-16-4-5-17(2)27(16)20-9-7-19(8-10-20)23(28)26-25-15-18-6-11-21(30-13-12-24)22(14-18)29-3/h4-11,14-15H,13H2,1-3H3,(H,26,28)/b25-15-. The zero-order valence-electron chi connectivity index (χ0n) is 17.0. The van der Waals surface area contributed by atoms with Gasteiger partial charge in [-0.05, 0) is 74.0 Å². The van der Waals surface area contributed by atoms with E-state index in [1.54, 1.807) is 30.3 Å². The smallest absolute Gasteiger partial charge is 0.271 e. The van der Waals surface area contributed by atoms with Crippen molar-refractivity contribution < 1.29 is 14.3 Å².